The first-order valence-corrected chi connectivity index (χ1v) is 44.5. The van der Waals surface area contributed by atoms with Gasteiger partial charge in [-0.05, 0) is 297 Å². The van der Waals surface area contributed by atoms with E-state index in [0.29, 0.717) is 148 Å². The number of esters is 4. The van der Waals surface area contributed by atoms with Gasteiger partial charge < -0.3 is 33.7 Å². The van der Waals surface area contributed by atoms with E-state index in [2.05, 4.69) is 90.8 Å². The molecule has 1 aromatic rings. The lowest BCUT2D eigenvalue weighted by Crippen LogP contribution is -2.63. The molecule has 2 unspecified atom stereocenters. The van der Waals surface area contributed by atoms with E-state index in [0.717, 1.165) is 97.6 Å². The molecule has 15 nitrogen and oxygen atoms in total. The van der Waals surface area contributed by atoms with E-state index in [-0.39, 0.29) is 42.6 Å². The topological polar surface area (TPSA) is 161 Å². The molecular formula is C88H155F12N5O10S. The molecule has 4 saturated carbocycles. The quantitative estimate of drug-likeness (QED) is 0.0426. The van der Waals surface area contributed by atoms with Gasteiger partial charge in [0.1, 0.15) is 18.8 Å². The second kappa shape index (κ2) is 53.5. The Morgan fingerprint density at radius 3 is 1.15 bits per heavy atom. The minimum absolute atomic E-state index is 0.0126. The number of methoxy groups -OCH3 is 2. The molecule has 28 heteroatoms. The summed E-state index contributed by atoms with van der Waals surface area (Å²) in [5.74, 6) is 11.1. The molecule has 4 aliphatic carbocycles. The Morgan fingerprint density at radius 2 is 0.810 bits per heavy atom. The highest BCUT2D eigenvalue weighted by Crippen LogP contribution is 2.45. The molecule has 3 saturated heterocycles. The van der Waals surface area contributed by atoms with Crippen LogP contribution in [0.2, 0.25) is 0 Å². The Labute approximate surface area is 694 Å². The summed E-state index contributed by atoms with van der Waals surface area (Å²) in [7, 11) is 7.05. The number of aliphatic hydroxyl groups is 1. The Morgan fingerprint density at radius 1 is 0.466 bits per heavy atom. The van der Waals surface area contributed by atoms with E-state index < -0.39 is 48.4 Å². The zero-order valence-electron chi connectivity index (χ0n) is 74.6. The number of rotatable bonds is 25. The second-order valence-corrected chi connectivity index (χ2v) is 38.6. The van der Waals surface area contributed by atoms with Crippen LogP contribution in [-0.4, -0.2) is 190 Å². The monoisotopic (exact) mass is 1700 g/mol. The van der Waals surface area contributed by atoms with Crippen molar-refractivity contribution in [2.24, 2.45) is 101 Å². The summed E-state index contributed by atoms with van der Waals surface area (Å²) in [6.07, 6.45) is 6.34. The summed E-state index contributed by atoms with van der Waals surface area (Å²) in [4.78, 5) is 56.3. The Hall–Kier alpha value is -3.57. The van der Waals surface area contributed by atoms with Gasteiger partial charge in [-0.3, -0.25) is 33.9 Å². The summed E-state index contributed by atoms with van der Waals surface area (Å²) >= 11 is 0.688. The minimum Gasteiger partial charge on any atom is -0.469 e. The third-order valence-corrected chi connectivity index (χ3v) is 25.8. The molecule has 0 radical (unpaired) electrons. The number of piperidine rings is 3. The van der Waals surface area contributed by atoms with Gasteiger partial charge >= 0.3 is 48.6 Å². The molecule has 8 rings (SSSR count). The van der Waals surface area contributed by atoms with Crippen LogP contribution in [-0.2, 0) is 55.6 Å². The zero-order valence-corrected chi connectivity index (χ0v) is 75.4. The largest absolute Gasteiger partial charge is 0.469 e. The molecule has 0 bridgehead atoms. The summed E-state index contributed by atoms with van der Waals surface area (Å²) in [6, 6.07) is 0. The van der Waals surface area contributed by atoms with Crippen LogP contribution in [0.4, 0.5) is 52.7 Å². The van der Waals surface area contributed by atoms with Gasteiger partial charge in [0, 0.05) is 57.8 Å². The molecule has 7 aliphatic rings. The highest BCUT2D eigenvalue weighted by atomic mass is 32.1. The van der Waals surface area contributed by atoms with Crippen molar-refractivity contribution in [1.29, 1.82) is 0 Å². The van der Waals surface area contributed by atoms with Crippen molar-refractivity contribution in [2.45, 2.75) is 314 Å². The number of likely N-dealkylation sites (tertiary alicyclic amines) is 3. The van der Waals surface area contributed by atoms with Crippen molar-refractivity contribution in [3.05, 3.63) is 16.1 Å². The standard InChI is InChI=1S/C14H26O3.C14H26O2.C13H19F3N2S.C13H25NO2.C12H19F6NO.C12H22O2.C10H18F3N/c1-11(2)13-6-4-12(5-7-13)10-14(15)17-9-8-16-3;1-10(2)12-7-6-11(8-12)9-13(15)16-14(3,4)5;1-9(2)10-3-5-18(6-4-10)7-11-8-19-12(17-11)13(14,15)16;1-11-4-6-12(7-5-11)10-13(15)16-9-8-14(2)3;1-8(2)9-3-5-19(6-4-9)7-10(20,11(13,14)15)12(16,17)18;1-9(2)11-6-4-10(5-7-11)8-12(13)14-3;1-8(2)9-3-5-14(6-4-9)7-10(11,12)13/h11-13H,4-10H2,1-3H3;10-12H,6-9H2,1-5H3;8-10H,3-7H2,1-2H3;11-12H,4-10H2,1-3H3;8-9,20H,3-7H2,1-2H3;9-11H,4-8H2,1-3H3;8-9H,3-7H2,1-2H3. The molecule has 1 aromatic heterocycles. The number of aromatic nitrogens is 1. The molecule has 7 fully saturated rings. The number of hydrogen-bond acceptors (Lipinski definition) is 16. The lowest BCUT2D eigenvalue weighted by molar-refractivity contribution is -0.371. The minimum atomic E-state index is -5.74. The molecule has 116 heavy (non-hydrogen) atoms. The van der Waals surface area contributed by atoms with Crippen molar-refractivity contribution in [3.8, 4) is 0 Å². The van der Waals surface area contributed by atoms with Gasteiger partial charge in [0.2, 0.25) is 0 Å². The van der Waals surface area contributed by atoms with Crippen LogP contribution in [0.1, 0.15) is 282 Å². The summed E-state index contributed by atoms with van der Waals surface area (Å²) in [6.45, 7) is 38.5. The van der Waals surface area contributed by atoms with Crippen LogP contribution in [0, 0.1) is 101 Å². The van der Waals surface area contributed by atoms with Crippen LogP contribution >= 0.6 is 11.3 Å². The van der Waals surface area contributed by atoms with Crippen LogP contribution in [0.5, 0.6) is 0 Å². The number of β-amino-alcohol motifs (C(OH)–C–C–N with tert-alkyl or cyclic N) is 1. The van der Waals surface area contributed by atoms with E-state index in [1.807, 2.05) is 53.6 Å². The summed E-state index contributed by atoms with van der Waals surface area (Å²) in [5.41, 5.74) is -4.46. The van der Waals surface area contributed by atoms with Gasteiger partial charge in [0.15, 0.2) is 5.01 Å². The molecule has 0 aromatic carbocycles. The number of likely N-dealkylation sites (N-methyl/N-ethyl adjacent to an activating group) is 1. The molecule has 0 spiro atoms. The smallest absolute Gasteiger partial charge is 0.443 e. The van der Waals surface area contributed by atoms with Crippen LogP contribution < -0.4 is 0 Å². The average molecular weight is 1700 g/mol. The Balaban J connectivity index is 0.000000460. The first kappa shape index (κ1) is 109. The number of thiazole rings is 1. The van der Waals surface area contributed by atoms with E-state index in [1.165, 1.54) is 114 Å². The normalized spacial score (nSPS) is 23.5. The fraction of sp³-hybridized carbons (Fsp3) is 0.920. The van der Waals surface area contributed by atoms with E-state index in [9.17, 15) is 71.9 Å². The number of carbonyl (C=O) groups is 4. The van der Waals surface area contributed by atoms with Crippen LogP contribution in [0.3, 0.4) is 0 Å². The van der Waals surface area contributed by atoms with Gasteiger partial charge in [-0.15, -0.1) is 11.3 Å². The van der Waals surface area contributed by atoms with E-state index in [1.54, 1.807) is 7.11 Å². The van der Waals surface area contributed by atoms with Crippen LogP contribution in [0.15, 0.2) is 5.38 Å². The van der Waals surface area contributed by atoms with Crippen molar-refractivity contribution in [1.82, 2.24) is 24.6 Å². The Kier molecular flexibility index (Phi) is 50.0. The summed E-state index contributed by atoms with van der Waals surface area (Å²) in [5, 5.41) is 9.91. The molecule has 0 amide bonds. The Bertz CT molecular complexity index is 2770. The lowest BCUT2D eigenvalue weighted by atomic mass is 9.76. The zero-order chi connectivity index (χ0) is 88.1. The highest BCUT2D eigenvalue weighted by molar-refractivity contribution is 7.09. The number of halogens is 12. The molecule has 4 heterocycles. The number of hydrogen-bond donors (Lipinski definition) is 1. The molecular weight excluding hydrogens is 1550 g/mol. The van der Waals surface area contributed by atoms with Gasteiger partial charge in [0.25, 0.3) is 5.60 Å². The van der Waals surface area contributed by atoms with Crippen LogP contribution in [0.25, 0.3) is 0 Å². The van der Waals surface area contributed by atoms with E-state index in [4.69, 9.17) is 24.1 Å². The third kappa shape index (κ3) is 45.5. The van der Waals surface area contributed by atoms with Crippen molar-refractivity contribution in [2.75, 3.05) is 107 Å². The third-order valence-electron chi connectivity index (χ3n) is 24.8. The highest BCUT2D eigenvalue weighted by Gasteiger charge is 2.70. The first-order chi connectivity index (χ1) is 53.7. The fourth-order valence-corrected chi connectivity index (χ4v) is 17.3. The maximum Gasteiger partial charge on any atom is 0.443 e. The number of alkyl halides is 12. The maximum atomic E-state index is 12.6. The molecule has 2 atom stereocenters. The van der Waals surface area contributed by atoms with Crippen molar-refractivity contribution in [3.63, 3.8) is 0 Å². The number of carbonyl (C=O) groups excluding carboxylic acids is 4. The maximum absolute atomic E-state index is 12.6. The van der Waals surface area contributed by atoms with Crippen molar-refractivity contribution >= 4 is 35.2 Å². The van der Waals surface area contributed by atoms with Gasteiger partial charge in [-0.25, -0.2) is 4.98 Å². The van der Waals surface area contributed by atoms with Crippen molar-refractivity contribution < 1.29 is 101 Å². The van der Waals surface area contributed by atoms with E-state index >= 15 is 0 Å². The molecule has 1 N–H and O–H groups in total. The predicted octanol–water partition coefficient (Wildman–Crippen LogP) is 22.3. The average Bonchev–Trinajstić information content (AvgIpc) is 0.807. The van der Waals surface area contributed by atoms with Gasteiger partial charge in [-0.1, -0.05) is 103 Å². The number of nitrogens with zero attached hydrogens (tertiary/aromatic N) is 5. The molecule has 682 valence electrons. The summed E-state index contributed by atoms with van der Waals surface area (Å²) < 4.78 is 174. The van der Waals surface area contributed by atoms with Gasteiger partial charge in [-0.2, -0.15) is 52.7 Å². The number of ether oxygens (including phenoxy) is 5. The fourth-order valence-electron chi connectivity index (χ4n) is 16.7. The predicted molar refractivity (Wildman–Crippen MR) is 437 cm³/mol. The molecule has 3 aliphatic heterocycles. The van der Waals surface area contributed by atoms with Gasteiger partial charge in [0.05, 0.1) is 26.0 Å². The lowest BCUT2D eigenvalue weighted by Gasteiger charge is -2.40. The first-order valence-electron chi connectivity index (χ1n) is 43.6. The SMILES string of the molecule is CC(C)C1CCC(CC(=O)OC(C)(C)C)C1.CC(C)C1CCN(CC(F)(F)F)CC1.CC(C)C1CCN(CC(O)(C(F)(F)F)C(F)(F)F)CC1.CC(C)C1CCN(Cc2csc(C(F)(F)F)n2)CC1.CC1CCC(CC(=O)OCCN(C)C)CC1.COC(=O)CC1CCC(C(C)C)CC1.COCCOC(=O)CC1CCC(C(C)C)CC1. The second-order valence-electron chi connectivity index (χ2n) is 37.8.